The molecule has 0 radical (unpaired) electrons. The maximum absolute atomic E-state index is 2.36. The van der Waals surface area contributed by atoms with Crippen LogP contribution in [0.15, 0.2) is 36.5 Å². The van der Waals surface area contributed by atoms with Crippen LogP contribution in [-0.2, 0) is 0 Å². The lowest BCUT2D eigenvalue weighted by atomic mass is 10.1. The largest absolute Gasteiger partial charge is 0.300 e. The van der Waals surface area contributed by atoms with Crippen LogP contribution in [0.25, 0.3) is 6.08 Å². The van der Waals surface area contributed by atoms with E-state index in [0.29, 0.717) is 6.04 Å². The summed E-state index contributed by atoms with van der Waals surface area (Å²) in [5, 5.41) is 0. The first-order valence-electron chi connectivity index (χ1n) is 7.64. The van der Waals surface area contributed by atoms with Crippen LogP contribution < -0.4 is 0 Å². The molecule has 106 valence electrons. The molecule has 0 aliphatic carbocycles. The molecule has 1 heteroatoms. The summed E-state index contributed by atoms with van der Waals surface area (Å²) in [6.45, 7) is 4.63. The molecule has 0 heterocycles. The van der Waals surface area contributed by atoms with E-state index in [0.717, 1.165) is 4.48 Å². The van der Waals surface area contributed by atoms with Crippen molar-refractivity contribution in [1.82, 2.24) is 0 Å². The van der Waals surface area contributed by atoms with Gasteiger partial charge in [0.05, 0.1) is 26.3 Å². The first-order valence-corrected chi connectivity index (χ1v) is 7.64. The lowest BCUT2D eigenvalue weighted by Crippen LogP contribution is -2.42. The second-order valence-electron chi connectivity index (χ2n) is 6.05. The maximum Gasteiger partial charge on any atom is 0.0962 e. The van der Waals surface area contributed by atoms with Gasteiger partial charge in [0.15, 0.2) is 0 Å². The van der Waals surface area contributed by atoms with E-state index in [9.17, 15) is 0 Å². The van der Waals surface area contributed by atoms with E-state index in [1.807, 2.05) is 0 Å². The van der Waals surface area contributed by atoms with Crippen molar-refractivity contribution in [2.45, 2.75) is 52.0 Å². The van der Waals surface area contributed by atoms with Crippen LogP contribution in [0.1, 0.15) is 51.5 Å². The summed E-state index contributed by atoms with van der Waals surface area (Å²) < 4.78 is 0.959. The van der Waals surface area contributed by atoms with E-state index in [-0.39, 0.29) is 0 Å². The van der Waals surface area contributed by atoms with Crippen LogP contribution in [0.5, 0.6) is 0 Å². The van der Waals surface area contributed by atoms with Crippen molar-refractivity contribution in [2.24, 2.45) is 0 Å². The predicted molar refractivity (Wildman–Crippen MR) is 85.8 cm³/mol. The molecule has 1 nitrogen and oxygen atoms in total. The fourth-order valence-corrected chi connectivity index (χ4v) is 2.19. The molecule has 0 saturated heterocycles. The number of unbranched alkanes of at least 4 members (excludes halogenated alkanes) is 3. The highest BCUT2D eigenvalue weighted by Gasteiger charge is 2.20. The van der Waals surface area contributed by atoms with E-state index in [1.165, 1.54) is 37.7 Å². The molecule has 1 aromatic rings. The molecule has 0 saturated carbocycles. The van der Waals surface area contributed by atoms with Gasteiger partial charge in [-0.05, 0) is 31.4 Å². The van der Waals surface area contributed by atoms with Crippen molar-refractivity contribution in [3.63, 3.8) is 0 Å². The molecular weight excluding hydrogens is 230 g/mol. The summed E-state index contributed by atoms with van der Waals surface area (Å²) in [5.41, 5.74) is 1.28. The molecule has 0 bridgehead atoms. The Morgan fingerprint density at radius 2 is 1.74 bits per heavy atom. The number of hydrogen-bond donors (Lipinski definition) is 0. The number of nitrogens with zero attached hydrogens (tertiary/aromatic N) is 1. The molecule has 1 aromatic carbocycles. The Kier molecular flexibility index (Phi) is 6.86. The average Bonchev–Trinajstić information content (AvgIpc) is 2.42. The third-order valence-corrected chi connectivity index (χ3v) is 4.06. The Hall–Kier alpha value is -1.08. The fourth-order valence-electron chi connectivity index (χ4n) is 2.19. The molecule has 0 aliphatic rings. The number of hydrogen-bond acceptors (Lipinski definition) is 0. The highest BCUT2D eigenvalue weighted by molar-refractivity contribution is 5.47. The van der Waals surface area contributed by atoms with E-state index in [4.69, 9.17) is 0 Å². The third-order valence-electron chi connectivity index (χ3n) is 4.06. The molecule has 0 N–H and O–H groups in total. The minimum absolute atomic E-state index is 0.678. The van der Waals surface area contributed by atoms with Crippen LogP contribution in [0, 0.1) is 0 Å². The van der Waals surface area contributed by atoms with Crippen LogP contribution in [0.2, 0.25) is 0 Å². The summed E-state index contributed by atoms with van der Waals surface area (Å²) in [5.74, 6) is 0. The summed E-state index contributed by atoms with van der Waals surface area (Å²) >= 11 is 0. The van der Waals surface area contributed by atoms with Gasteiger partial charge in [0.1, 0.15) is 0 Å². The van der Waals surface area contributed by atoms with Crippen molar-refractivity contribution in [3.8, 4) is 0 Å². The van der Waals surface area contributed by atoms with Crippen molar-refractivity contribution in [1.29, 1.82) is 0 Å². The van der Waals surface area contributed by atoms with Gasteiger partial charge in [0.2, 0.25) is 0 Å². The average molecular weight is 260 g/mol. The first kappa shape index (κ1) is 16.0. The number of benzene rings is 1. The van der Waals surface area contributed by atoms with E-state index < -0.39 is 0 Å². The van der Waals surface area contributed by atoms with Gasteiger partial charge >= 0.3 is 0 Å². The minimum Gasteiger partial charge on any atom is -0.300 e. The molecule has 19 heavy (non-hydrogen) atoms. The fraction of sp³-hybridized carbons (Fsp3) is 0.556. The maximum atomic E-state index is 2.36. The van der Waals surface area contributed by atoms with E-state index in [2.05, 4.69) is 70.6 Å². The van der Waals surface area contributed by atoms with Gasteiger partial charge in [-0.2, -0.15) is 0 Å². The molecule has 0 amide bonds. The zero-order valence-electron chi connectivity index (χ0n) is 13.1. The SMILES string of the molecule is CCCCCCC(C)[N+](C)(C)C=Cc1ccccc1. The van der Waals surface area contributed by atoms with Crippen molar-refractivity contribution >= 4 is 6.08 Å². The monoisotopic (exact) mass is 260 g/mol. The van der Waals surface area contributed by atoms with Crippen molar-refractivity contribution in [3.05, 3.63) is 42.1 Å². The van der Waals surface area contributed by atoms with Gasteiger partial charge in [-0.15, -0.1) is 0 Å². The normalized spacial score (nSPS) is 13.9. The Bertz CT molecular complexity index is 365. The van der Waals surface area contributed by atoms with Crippen LogP contribution in [0.3, 0.4) is 0 Å². The second kappa shape index (κ2) is 8.16. The summed E-state index contributed by atoms with van der Waals surface area (Å²) in [6.07, 6.45) is 11.3. The smallest absolute Gasteiger partial charge is 0.0962 e. The van der Waals surface area contributed by atoms with Gasteiger partial charge in [-0.25, -0.2) is 0 Å². The first-order chi connectivity index (χ1) is 9.06. The summed E-state index contributed by atoms with van der Waals surface area (Å²) in [6, 6.07) is 11.2. The zero-order chi connectivity index (χ0) is 14.1. The third kappa shape index (κ3) is 6.07. The van der Waals surface area contributed by atoms with E-state index in [1.54, 1.807) is 0 Å². The molecule has 0 aliphatic heterocycles. The molecule has 1 atom stereocenters. The van der Waals surface area contributed by atoms with Gasteiger partial charge in [0, 0.05) is 0 Å². The lowest BCUT2D eigenvalue weighted by Gasteiger charge is -2.32. The number of rotatable bonds is 8. The van der Waals surface area contributed by atoms with Gasteiger partial charge < -0.3 is 0 Å². The van der Waals surface area contributed by atoms with Gasteiger partial charge in [-0.3, -0.25) is 4.48 Å². The Morgan fingerprint density at radius 1 is 1.05 bits per heavy atom. The Morgan fingerprint density at radius 3 is 2.37 bits per heavy atom. The molecule has 1 unspecified atom stereocenters. The molecule has 0 aromatic heterocycles. The minimum atomic E-state index is 0.678. The lowest BCUT2D eigenvalue weighted by molar-refractivity contribution is -0.863. The molecule has 1 rings (SSSR count). The number of quaternary nitrogens is 1. The quantitative estimate of drug-likeness (QED) is 0.451. The standard InChI is InChI=1S/C18H30N/c1-5-6-7-9-12-17(2)19(3,4)16-15-18-13-10-8-11-14-18/h8,10-11,13-17H,5-7,9,12H2,1-4H3/q+1. The molecule has 0 spiro atoms. The van der Waals surface area contributed by atoms with Crippen LogP contribution in [-0.4, -0.2) is 24.6 Å². The predicted octanol–water partition coefficient (Wildman–Crippen LogP) is 5.09. The second-order valence-corrected chi connectivity index (χ2v) is 6.05. The molecule has 0 fully saturated rings. The Balaban J connectivity index is 2.47. The van der Waals surface area contributed by atoms with Crippen molar-refractivity contribution < 1.29 is 4.48 Å². The summed E-state index contributed by atoms with van der Waals surface area (Å²) in [4.78, 5) is 0. The van der Waals surface area contributed by atoms with Gasteiger partial charge in [0.25, 0.3) is 0 Å². The van der Waals surface area contributed by atoms with Crippen LogP contribution >= 0.6 is 0 Å². The topological polar surface area (TPSA) is 0 Å². The van der Waals surface area contributed by atoms with Crippen molar-refractivity contribution in [2.75, 3.05) is 14.1 Å². The zero-order valence-corrected chi connectivity index (χ0v) is 13.1. The van der Waals surface area contributed by atoms with Crippen LogP contribution in [0.4, 0.5) is 0 Å². The molecular formula is C18H30N+. The highest BCUT2D eigenvalue weighted by Crippen LogP contribution is 2.16. The van der Waals surface area contributed by atoms with Gasteiger partial charge in [-0.1, -0.05) is 56.5 Å². The van der Waals surface area contributed by atoms with E-state index >= 15 is 0 Å². The highest BCUT2D eigenvalue weighted by atomic mass is 15.3. The Labute approximate surface area is 119 Å². The summed E-state index contributed by atoms with van der Waals surface area (Å²) in [7, 11) is 4.59.